The average Bonchev–Trinajstić information content (AvgIpc) is 2.98. The van der Waals surface area contributed by atoms with Crippen molar-refractivity contribution in [3.05, 3.63) is 53.6 Å². The number of nitrogens with zero attached hydrogens (tertiary/aromatic N) is 2. The number of aromatic nitrogens is 2. The molecule has 0 atom stereocenters. The van der Waals surface area contributed by atoms with E-state index in [1.165, 1.54) is 0 Å². The maximum absolute atomic E-state index is 5.73. The second kappa shape index (κ2) is 4.61. The molecule has 1 aromatic carbocycles. The minimum atomic E-state index is 0.474. The van der Waals surface area contributed by atoms with Crippen molar-refractivity contribution in [2.45, 2.75) is 13.3 Å². The van der Waals surface area contributed by atoms with Gasteiger partial charge < -0.3 is 14.7 Å². The van der Waals surface area contributed by atoms with E-state index in [0.29, 0.717) is 23.9 Å². The molecule has 0 fully saturated rings. The van der Waals surface area contributed by atoms with Crippen molar-refractivity contribution < 1.29 is 8.94 Å². The first-order valence-electron chi connectivity index (χ1n) is 5.94. The highest BCUT2D eigenvalue weighted by molar-refractivity contribution is 5.51. The lowest BCUT2D eigenvalue weighted by Crippen LogP contribution is -1.91. The maximum atomic E-state index is 5.73. The molecule has 2 aromatic heterocycles. The molecule has 3 rings (SSSR count). The molecule has 0 bridgehead atoms. The fraction of sp³-hybridized carbons (Fsp3) is 0.143. The Labute approximate surface area is 110 Å². The van der Waals surface area contributed by atoms with E-state index in [1.54, 1.807) is 6.26 Å². The summed E-state index contributed by atoms with van der Waals surface area (Å²) >= 11 is 0. The molecule has 0 saturated carbocycles. The third-order valence-corrected chi connectivity index (χ3v) is 2.84. The SMILES string of the molecule is Cc1ccoc1-c1noc(Cc2cccc(N)c2)n1. The quantitative estimate of drug-likeness (QED) is 0.728. The number of anilines is 1. The van der Waals surface area contributed by atoms with Crippen LogP contribution in [0.15, 0.2) is 45.5 Å². The van der Waals surface area contributed by atoms with Gasteiger partial charge >= 0.3 is 0 Å². The standard InChI is InChI=1S/C14H13N3O2/c1-9-5-6-18-13(9)14-16-12(19-17-14)8-10-3-2-4-11(15)7-10/h2-7H,8,15H2,1H3. The molecule has 0 unspecified atom stereocenters. The van der Waals surface area contributed by atoms with E-state index in [4.69, 9.17) is 14.7 Å². The summed E-state index contributed by atoms with van der Waals surface area (Å²) in [5.41, 5.74) is 8.47. The second-order valence-electron chi connectivity index (χ2n) is 4.37. The van der Waals surface area contributed by atoms with Gasteiger partial charge in [-0.15, -0.1) is 0 Å². The van der Waals surface area contributed by atoms with Gasteiger partial charge in [0, 0.05) is 5.69 Å². The number of aryl methyl sites for hydroxylation is 1. The topological polar surface area (TPSA) is 78.1 Å². The molecule has 0 aliphatic carbocycles. The van der Waals surface area contributed by atoms with Crippen LogP contribution in [0.5, 0.6) is 0 Å². The fourth-order valence-electron chi connectivity index (χ4n) is 1.90. The molecule has 0 aliphatic rings. The van der Waals surface area contributed by atoms with Crippen molar-refractivity contribution in [1.82, 2.24) is 10.1 Å². The molecular formula is C14H13N3O2. The number of rotatable bonds is 3. The van der Waals surface area contributed by atoms with Gasteiger partial charge in [-0.05, 0) is 36.2 Å². The van der Waals surface area contributed by atoms with E-state index < -0.39 is 0 Å². The molecular weight excluding hydrogens is 242 g/mol. The zero-order valence-corrected chi connectivity index (χ0v) is 10.5. The molecule has 96 valence electrons. The smallest absolute Gasteiger partial charge is 0.238 e. The highest BCUT2D eigenvalue weighted by atomic mass is 16.5. The lowest BCUT2D eigenvalue weighted by Gasteiger charge is -1.97. The van der Waals surface area contributed by atoms with Gasteiger partial charge in [0.25, 0.3) is 0 Å². The summed E-state index contributed by atoms with van der Waals surface area (Å²) in [7, 11) is 0. The van der Waals surface area contributed by atoms with Gasteiger partial charge in [-0.1, -0.05) is 17.3 Å². The second-order valence-corrected chi connectivity index (χ2v) is 4.37. The number of hydrogen-bond donors (Lipinski definition) is 1. The van der Waals surface area contributed by atoms with E-state index >= 15 is 0 Å². The molecule has 0 amide bonds. The van der Waals surface area contributed by atoms with Crippen molar-refractivity contribution in [2.24, 2.45) is 0 Å². The first-order valence-corrected chi connectivity index (χ1v) is 5.94. The van der Waals surface area contributed by atoms with Crippen LogP contribution >= 0.6 is 0 Å². The Kier molecular flexibility index (Phi) is 2.79. The molecule has 19 heavy (non-hydrogen) atoms. The average molecular weight is 255 g/mol. The Morgan fingerprint density at radius 3 is 2.89 bits per heavy atom. The van der Waals surface area contributed by atoms with Crippen LogP contribution in [-0.2, 0) is 6.42 Å². The maximum Gasteiger partial charge on any atom is 0.238 e. The number of benzene rings is 1. The third-order valence-electron chi connectivity index (χ3n) is 2.84. The van der Waals surface area contributed by atoms with Crippen molar-refractivity contribution in [3.8, 4) is 11.6 Å². The van der Waals surface area contributed by atoms with Crippen LogP contribution in [0.1, 0.15) is 17.0 Å². The lowest BCUT2D eigenvalue weighted by atomic mass is 10.1. The van der Waals surface area contributed by atoms with Crippen molar-refractivity contribution in [2.75, 3.05) is 5.73 Å². The number of furan rings is 1. The highest BCUT2D eigenvalue weighted by Crippen LogP contribution is 2.22. The van der Waals surface area contributed by atoms with Gasteiger partial charge in [0.05, 0.1) is 12.7 Å². The molecule has 5 heteroatoms. The third kappa shape index (κ3) is 2.35. The van der Waals surface area contributed by atoms with Crippen LogP contribution in [0.4, 0.5) is 5.69 Å². The van der Waals surface area contributed by atoms with Crippen molar-refractivity contribution in [1.29, 1.82) is 0 Å². The lowest BCUT2D eigenvalue weighted by molar-refractivity contribution is 0.384. The molecule has 5 nitrogen and oxygen atoms in total. The van der Waals surface area contributed by atoms with Crippen molar-refractivity contribution >= 4 is 5.69 Å². The van der Waals surface area contributed by atoms with E-state index in [0.717, 1.165) is 16.8 Å². The summed E-state index contributed by atoms with van der Waals surface area (Å²) < 4.78 is 10.6. The Morgan fingerprint density at radius 2 is 2.16 bits per heavy atom. The first kappa shape index (κ1) is 11.5. The van der Waals surface area contributed by atoms with Gasteiger partial charge in [0.1, 0.15) is 0 Å². The molecule has 2 N–H and O–H groups in total. The van der Waals surface area contributed by atoms with Gasteiger partial charge in [-0.3, -0.25) is 0 Å². The Hall–Kier alpha value is -2.56. The van der Waals surface area contributed by atoms with Gasteiger partial charge in [0.15, 0.2) is 5.76 Å². The van der Waals surface area contributed by atoms with Crippen LogP contribution < -0.4 is 5.73 Å². The van der Waals surface area contributed by atoms with Crippen LogP contribution in [0.2, 0.25) is 0 Å². The molecule has 0 aliphatic heterocycles. The van der Waals surface area contributed by atoms with Gasteiger partial charge in [0.2, 0.25) is 11.7 Å². The van der Waals surface area contributed by atoms with Gasteiger partial charge in [-0.25, -0.2) is 0 Å². The zero-order valence-electron chi connectivity index (χ0n) is 10.5. The predicted octanol–water partition coefficient (Wildman–Crippen LogP) is 2.81. The minimum absolute atomic E-state index is 0.474. The summed E-state index contributed by atoms with van der Waals surface area (Å²) in [6.45, 7) is 1.94. The number of hydrogen-bond acceptors (Lipinski definition) is 5. The Balaban J connectivity index is 1.84. The summed E-state index contributed by atoms with van der Waals surface area (Å²) in [4.78, 5) is 4.33. The molecule has 0 radical (unpaired) electrons. The highest BCUT2D eigenvalue weighted by Gasteiger charge is 2.13. The van der Waals surface area contributed by atoms with E-state index in [9.17, 15) is 0 Å². The molecule has 0 spiro atoms. The van der Waals surface area contributed by atoms with E-state index in [1.807, 2.05) is 37.3 Å². The number of nitrogen functional groups attached to an aromatic ring is 1. The van der Waals surface area contributed by atoms with Crippen LogP contribution in [0.25, 0.3) is 11.6 Å². The predicted molar refractivity (Wildman–Crippen MR) is 70.4 cm³/mol. The molecule has 2 heterocycles. The van der Waals surface area contributed by atoms with Crippen LogP contribution in [0, 0.1) is 6.92 Å². The molecule has 3 aromatic rings. The summed E-state index contributed by atoms with van der Waals surface area (Å²) in [6.07, 6.45) is 2.16. The zero-order chi connectivity index (χ0) is 13.2. The van der Waals surface area contributed by atoms with Crippen LogP contribution in [0.3, 0.4) is 0 Å². The summed E-state index contributed by atoms with van der Waals surface area (Å²) in [5, 5.41) is 3.93. The monoisotopic (exact) mass is 255 g/mol. The number of nitrogens with two attached hydrogens (primary N) is 1. The summed E-state index contributed by atoms with van der Waals surface area (Å²) in [5.74, 6) is 1.65. The molecule has 0 saturated heterocycles. The normalized spacial score (nSPS) is 10.8. The largest absolute Gasteiger partial charge is 0.461 e. The van der Waals surface area contributed by atoms with Crippen LogP contribution in [-0.4, -0.2) is 10.1 Å². The van der Waals surface area contributed by atoms with E-state index in [-0.39, 0.29) is 0 Å². The minimum Gasteiger partial charge on any atom is -0.461 e. The van der Waals surface area contributed by atoms with Gasteiger partial charge in [-0.2, -0.15) is 4.98 Å². The Bertz CT molecular complexity index is 700. The summed E-state index contributed by atoms with van der Waals surface area (Å²) in [6, 6.07) is 9.47. The first-order chi connectivity index (χ1) is 9.22. The Morgan fingerprint density at radius 1 is 1.26 bits per heavy atom. The van der Waals surface area contributed by atoms with Crippen molar-refractivity contribution in [3.63, 3.8) is 0 Å². The van der Waals surface area contributed by atoms with E-state index in [2.05, 4.69) is 10.1 Å². The fourth-order valence-corrected chi connectivity index (χ4v) is 1.90.